The number of carbonyl (C=O) groups is 1. The highest BCUT2D eigenvalue weighted by Gasteiger charge is 2.23. The molecule has 1 aliphatic heterocycles. The number of amides is 1. The standard InChI is InChI=1S/C15H21NO4/c1-11(17)13-4-3-5-14(10-13)20-12(2)15(18)16-6-8-19-9-7-16/h3-5,10-12,17H,6-9H2,1-2H3. The summed E-state index contributed by atoms with van der Waals surface area (Å²) in [4.78, 5) is 14.0. The second-order valence-corrected chi connectivity index (χ2v) is 4.95. The van der Waals surface area contributed by atoms with E-state index in [-0.39, 0.29) is 5.91 Å². The first-order chi connectivity index (χ1) is 9.58. The summed E-state index contributed by atoms with van der Waals surface area (Å²) in [6.07, 6.45) is -1.10. The highest BCUT2D eigenvalue weighted by Crippen LogP contribution is 2.20. The van der Waals surface area contributed by atoms with Gasteiger partial charge in [0.05, 0.1) is 19.3 Å². The van der Waals surface area contributed by atoms with Gasteiger partial charge < -0.3 is 19.5 Å². The van der Waals surface area contributed by atoms with Gasteiger partial charge in [-0.3, -0.25) is 4.79 Å². The summed E-state index contributed by atoms with van der Waals surface area (Å²) in [6, 6.07) is 7.18. The average Bonchev–Trinajstić information content (AvgIpc) is 2.47. The zero-order valence-electron chi connectivity index (χ0n) is 11.9. The monoisotopic (exact) mass is 279 g/mol. The first-order valence-corrected chi connectivity index (χ1v) is 6.89. The van der Waals surface area contributed by atoms with Crippen LogP contribution in [0.3, 0.4) is 0 Å². The molecule has 1 heterocycles. The summed E-state index contributed by atoms with van der Waals surface area (Å²) in [6.45, 7) is 5.82. The predicted octanol–water partition coefficient (Wildman–Crippen LogP) is 1.37. The van der Waals surface area contributed by atoms with Crippen molar-refractivity contribution < 1.29 is 19.4 Å². The molecule has 1 amide bonds. The number of morpholine rings is 1. The lowest BCUT2D eigenvalue weighted by atomic mass is 10.1. The molecular formula is C15H21NO4. The van der Waals surface area contributed by atoms with Gasteiger partial charge in [0.15, 0.2) is 6.10 Å². The number of hydrogen-bond donors (Lipinski definition) is 1. The fraction of sp³-hybridized carbons (Fsp3) is 0.533. The van der Waals surface area contributed by atoms with E-state index in [4.69, 9.17) is 9.47 Å². The number of aliphatic hydroxyl groups is 1. The SMILES string of the molecule is CC(Oc1cccc(C(C)O)c1)C(=O)N1CCOCC1. The van der Waals surface area contributed by atoms with E-state index in [9.17, 15) is 9.90 Å². The Bertz CT molecular complexity index is 455. The molecule has 0 spiro atoms. The van der Waals surface area contributed by atoms with Gasteiger partial charge in [-0.25, -0.2) is 0 Å². The summed E-state index contributed by atoms with van der Waals surface area (Å²) >= 11 is 0. The van der Waals surface area contributed by atoms with Crippen molar-refractivity contribution in [3.8, 4) is 5.75 Å². The average molecular weight is 279 g/mol. The van der Waals surface area contributed by atoms with E-state index in [0.29, 0.717) is 32.1 Å². The number of aliphatic hydroxyl groups excluding tert-OH is 1. The van der Waals surface area contributed by atoms with Gasteiger partial charge >= 0.3 is 0 Å². The van der Waals surface area contributed by atoms with Crippen molar-refractivity contribution in [3.63, 3.8) is 0 Å². The molecule has 2 atom stereocenters. The van der Waals surface area contributed by atoms with Crippen molar-refractivity contribution in [3.05, 3.63) is 29.8 Å². The second kappa shape index (κ2) is 6.72. The molecule has 2 unspecified atom stereocenters. The summed E-state index contributed by atoms with van der Waals surface area (Å²) in [7, 11) is 0. The van der Waals surface area contributed by atoms with Crippen LogP contribution in [-0.4, -0.2) is 48.3 Å². The van der Waals surface area contributed by atoms with Crippen LogP contribution in [0.2, 0.25) is 0 Å². The Kier molecular flexibility index (Phi) is 4.98. The van der Waals surface area contributed by atoms with Crippen LogP contribution in [0.5, 0.6) is 5.75 Å². The minimum atomic E-state index is -0.552. The number of rotatable bonds is 4. The van der Waals surface area contributed by atoms with Crippen LogP contribution in [0.25, 0.3) is 0 Å². The lowest BCUT2D eigenvalue weighted by molar-refractivity contribution is -0.142. The molecule has 110 valence electrons. The quantitative estimate of drug-likeness (QED) is 0.904. The lowest BCUT2D eigenvalue weighted by Crippen LogP contribution is -2.46. The smallest absolute Gasteiger partial charge is 0.263 e. The van der Waals surface area contributed by atoms with Gasteiger partial charge in [-0.15, -0.1) is 0 Å². The predicted molar refractivity (Wildman–Crippen MR) is 74.6 cm³/mol. The number of nitrogens with zero attached hydrogens (tertiary/aromatic N) is 1. The molecule has 5 nitrogen and oxygen atoms in total. The fourth-order valence-corrected chi connectivity index (χ4v) is 2.14. The zero-order chi connectivity index (χ0) is 14.5. The van der Waals surface area contributed by atoms with Gasteiger partial charge in [-0.05, 0) is 31.5 Å². The van der Waals surface area contributed by atoms with Gasteiger partial charge in [0.1, 0.15) is 5.75 Å². The van der Waals surface area contributed by atoms with Gasteiger partial charge in [0.2, 0.25) is 0 Å². The maximum atomic E-state index is 12.2. The summed E-state index contributed by atoms with van der Waals surface area (Å²) < 4.78 is 10.9. The van der Waals surface area contributed by atoms with E-state index >= 15 is 0 Å². The molecule has 20 heavy (non-hydrogen) atoms. The lowest BCUT2D eigenvalue weighted by Gasteiger charge is -2.29. The Labute approximate surface area is 119 Å². The highest BCUT2D eigenvalue weighted by molar-refractivity contribution is 5.81. The van der Waals surface area contributed by atoms with Gasteiger partial charge in [-0.1, -0.05) is 12.1 Å². The van der Waals surface area contributed by atoms with Crippen LogP contribution >= 0.6 is 0 Å². The van der Waals surface area contributed by atoms with E-state index < -0.39 is 12.2 Å². The molecule has 1 fully saturated rings. The highest BCUT2D eigenvalue weighted by atomic mass is 16.5. The summed E-state index contributed by atoms with van der Waals surface area (Å²) in [5.74, 6) is 0.563. The van der Waals surface area contributed by atoms with Crippen molar-refractivity contribution in [1.82, 2.24) is 4.90 Å². The molecule has 1 N–H and O–H groups in total. The largest absolute Gasteiger partial charge is 0.481 e. The first kappa shape index (κ1) is 14.8. The molecule has 1 aromatic rings. The molecule has 0 saturated carbocycles. The molecule has 0 radical (unpaired) electrons. The third kappa shape index (κ3) is 3.71. The fourth-order valence-electron chi connectivity index (χ4n) is 2.14. The summed E-state index contributed by atoms with van der Waals surface area (Å²) in [5, 5.41) is 9.55. The van der Waals surface area contributed by atoms with Crippen LogP contribution < -0.4 is 4.74 Å². The van der Waals surface area contributed by atoms with Crippen LogP contribution in [0, 0.1) is 0 Å². The number of ether oxygens (including phenoxy) is 2. The third-order valence-corrected chi connectivity index (χ3v) is 3.32. The van der Waals surface area contributed by atoms with Crippen molar-refractivity contribution in [1.29, 1.82) is 0 Å². The van der Waals surface area contributed by atoms with Gasteiger partial charge in [0, 0.05) is 13.1 Å². The topological polar surface area (TPSA) is 59.0 Å². The van der Waals surface area contributed by atoms with E-state index in [1.165, 1.54) is 0 Å². The first-order valence-electron chi connectivity index (χ1n) is 6.89. The summed E-state index contributed by atoms with van der Waals surface area (Å²) in [5.41, 5.74) is 0.772. The molecule has 1 aliphatic rings. The molecule has 1 saturated heterocycles. The number of benzene rings is 1. The minimum absolute atomic E-state index is 0.0317. The van der Waals surface area contributed by atoms with Crippen LogP contribution in [-0.2, 0) is 9.53 Å². The van der Waals surface area contributed by atoms with E-state index in [0.717, 1.165) is 5.56 Å². The molecule has 0 aromatic heterocycles. The Morgan fingerprint density at radius 2 is 2.05 bits per heavy atom. The zero-order valence-corrected chi connectivity index (χ0v) is 11.9. The molecule has 2 rings (SSSR count). The molecule has 0 aliphatic carbocycles. The van der Waals surface area contributed by atoms with Crippen LogP contribution in [0.1, 0.15) is 25.5 Å². The minimum Gasteiger partial charge on any atom is -0.481 e. The van der Waals surface area contributed by atoms with Crippen molar-refractivity contribution in [2.75, 3.05) is 26.3 Å². The van der Waals surface area contributed by atoms with E-state index in [1.54, 1.807) is 30.9 Å². The molecule has 0 bridgehead atoms. The van der Waals surface area contributed by atoms with Crippen LogP contribution in [0.15, 0.2) is 24.3 Å². The Hall–Kier alpha value is -1.59. The van der Waals surface area contributed by atoms with Gasteiger partial charge in [0.25, 0.3) is 5.91 Å². The maximum Gasteiger partial charge on any atom is 0.263 e. The van der Waals surface area contributed by atoms with Crippen molar-refractivity contribution in [2.24, 2.45) is 0 Å². The normalized spacial score (nSPS) is 18.4. The Morgan fingerprint density at radius 1 is 1.35 bits per heavy atom. The Balaban J connectivity index is 1.97. The van der Waals surface area contributed by atoms with Gasteiger partial charge in [-0.2, -0.15) is 0 Å². The second-order valence-electron chi connectivity index (χ2n) is 4.95. The Morgan fingerprint density at radius 3 is 2.70 bits per heavy atom. The van der Waals surface area contributed by atoms with Crippen molar-refractivity contribution in [2.45, 2.75) is 26.1 Å². The molecule has 5 heteroatoms. The van der Waals surface area contributed by atoms with Crippen LogP contribution in [0.4, 0.5) is 0 Å². The third-order valence-electron chi connectivity index (χ3n) is 3.32. The number of carbonyl (C=O) groups excluding carboxylic acids is 1. The molecular weight excluding hydrogens is 258 g/mol. The van der Waals surface area contributed by atoms with E-state index in [1.807, 2.05) is 12.1 Å². The van der Waals surface area contributed by atoms with Crippen molar-refractivity contribution >= 4 is 5.91 Å². The van der Waals surface area contributed by atoms with E-state index in [2.05, 4.69) is 0 Å². The number of hydrogen-bond acceptors (Lipinski definition) is 4. The maximum absolute atomic E-state index is 12.2. The molecule has 1 aromatic carbocycles.